The molecule has 1 aromatic heterocycles. The molecule has 0 saturated heterocycles. The van der Waals surface area contributed by atoms with Crippen LogP contribution in [0.15, 0.2) is 36.7 Å². The Balaban J connectivity index is 1.69. The highest BCUT2D eigenvalue weighted by atomic mass is 19.1. The number of para-hydroxylation sites is 1. The zero-order valence-corrected chi connectivity index (χ0v) is 12.8. The van der Waals surface area contributed by atoms with Crippen LogP contribution in [0, 0.1) is 5.82 Å². The third-order valence-electron chi connectivity index (χ3n) is 3.98. The van der Waals surface area contributed by atoms with E-state index >= 15 is 0 Å². The predicted octanol–water partition coefficient (Wildman–Crippen LogP) is 3.61. The summed E-state index contributed by atoms with van der Waals surface area (Å²) in [7, 11) is 0. The smallest absolute Gasteiger partial charge is 0.274 e. The van der Waals surface area contributed by atoms with Crippen molar-refractivity contribution in [2.45, 2.75) is 38.1 Å². The standard InChI is InChI=1S/C17H19FN4O/c18-13-8-4-5-9-14(13)22-17(23)15-10-16(20-11-19-15)21-12-6-2-1-3-7-12/h4-5,8-12H,1-3,6-7H2,(H,22,23)(H,19,20,21). The third kappa shape index (κ3) is 4.03. The number of carbonyl (C=O) groups is 1. The average Bonchev–Trinajstić information content (AvgIpc) is 2.58. The van der Waals surface area contributed by atoms with Crippen LogP contribution < -0.4 is 10.6 Å². The monoisotopic (exact) mass is 314 g/mol. The van der Waals surface area contributed by atoms with E-state index in [0.717, 1.165) is 12.8 Å². The highest BCUT2D eigenvalue weighted by Gasteiger charge is 2.15. The topological polar surface area (TPSA) is 66.9 Å². The number of carbonyl (C=O) groups excluding carboxylic acids is 1. The Morgan fingerprint density at radius 1 is 1.13 bits per heavy atom. The van der Waals surface area contributed by atoms with E-state index in [0.29, 0.717) is 11.9 Å². The molecular formula is C17H19FN4O. The Kier molecular flexibility index (Phi) is 4.80. The normalized spacial score (nSPS) is 15.2. The Morgan fingerprint density at radius 2 is 1.91 bits per heavy atom. The first-order valence-electron chi connectivity index (χ1n) is 7.87. The number of nitrogens with one attached hydrogen (secondary N) is 2. The van der Waals surface area contributed by atoms with Gasteiger partial charge in [-0.15, -0.1) is 0 Å². The SMILES string of the molecule is O=C(Nc1ccccc1F)c1cc(NC2CCCCC2)ncn1. The molecule has 1 aliphatic carbocycles. The van der Waals surface area contributed by atoms with Crippen molar-refractivity contribution in [1.29, 1.82) is 0 Å². The van der Waals surface area contributed by atoms with Crippen LogP contribution in [0.5, 0.6) is 0 Å². The molecule has 1 aliphatic rings. The zero-order valence-electron chi connectivity index (χ0n) is 12.8. The average molecular weight is 314 g/mol. The molecule has 23 heavy (non-hydrogen) atoms. The van der Waals surface area contributed by atoms with Crippen molar-refractivity contribution >= 4 is 17.4 Å². The Bertz CT molecular complexity index is 686. The van der Waals surface area contributed by atoms with Crippen LogP contribution in [-0.4, -0.2) is 21.9 Å². The molecule has 1 fully saturated rings. The van der Waals surface area contributed by atoms with Gasteiger partial charge < -0.3 is 10.6 Å². The van der Waals surface area contributed by atoms with Crippen LogP contribution in [0.2, 0.25) is 0 Å². The lowest BCUT2D eigenvalue weighted by atomic mass is 9.95. The molecule has 0 atom stereocenters. The summed E-state index contributed by atoms with van der Waals surface area (Å²) in [6.45, 7) is 0. The van der Waals surface area contributed by atoms with Gasteiger partial charge in [0.25, 0.3) is 5.91 Å². The second-order valence-corrected chi connectivity index (χ2v) is 5.70. The summed E-state index contributed by atoms with van der Waals surface area (Å²) in [4.78, 5) is 20.4. The summed E-state index contributed by atoms with van der Waals surface area (Å²) < 4.78 is 13.6. The van der Waals surface area contributed by atoms with Crippen molar-refractivity contribution in [3.05, 3.63) is 48.2 Å². The maximum Gasteiger partial charge on any atom is 0.274 e. The van der Waals surface area contributed by atoms with E-state index in [1.807, 2.05) is 0 Å². The molecule has 120 valence electrons. The number of aromatic nitrogens is 2. The molecule has 0 spiro atoms. The Hall–Kier alpha value is -2.50. The second kappa shape index (κ2) is 7.17. The number of hydrogen-bond donors (Lipinski definition) is 2. The van der Waals surface area contributed by atoms with Crippen LogP contribution in [0.1, 0.15) is 42.6 Å². The van der Waals surface area contributed by atoms with Crippen molar-refractivity contribution < 1.29 is 9.18 Å². The quantitative estimate of drug-likeness (QED) is 0.904. The number of rotatable bonds is 4. The van der Waals surface area contributed by atoms with Gasteiger partial charge in [-0.25, -0.2) is 14.4 Å². The number of anilines is 2. The van der Waals surface area contributed by atoms with E-state index in [-0.39, 0.29) is 11.4 Å². The van der Waals surface area contributed by atoms with Crippen LogP contribution in [0.4, 0.5) is 15.9 Å². The lowest BCUT2D eigenvalue weighted by Gasteiger charge is -2.23. The molecule has 0 unspecified atom stereocenters. The summed E-state index contributed by atoms with van der Waals surface area (Å²) in [5.74, 6) is -0.301. The van der Waals surface area contributed by atoms with Gasteiger partial charge in [-0.3, -0.25) is 4.79 Å². The molecule has 0 aliphatic heterocycles. The molecule has 1 saturated carbocycles. The largest absolute Gasteiger partial charge is 0.367 e. The minimum Gasteiger partial charge on any atom is -0.367 e. The highest BCUT2D eigenvalue weighted by Crippen LogP contribution is 2.21. The predicted molar refractivity (Wildman–Crippen MR) is 86.9 cm³/mol. The fourth-order valence-corrected chi connectivity index (χ4v) is 2.77. The molecule has 1 aromatic carbocycles. The van der Waals surface area contributed by atoms with E-state index < -0.39 is 11.7 Å². The molecule has 2 aromatic rings. The maximum absolute atomic E-state index is 13.6. The molecule has 6 heteroatoms. The van der Waals surface area contributed by atoms with Gasteiger partial charge in [0.05, 0.1) is 5.69 Å². The van der Waals surface area contributed by atoms with Crippen molar-refractivity contribution in [2.75, 3.05) is 10.6 Å². The summed E-state index contributed by atoms with van der Waals surface area (Å²) in [6, 6.07) is 8.03. The number of amides is 1. The van der Waals surface area contributed by atoms with Gasteiger partial charge in [-0.2, -0.15) is 0 Å². The van der Waals surface area contributed by atoms with Gasteiger partial charge in [-0.1, -0.05) is 31.4 Å². The molecule has 1 amide bonds. The van der Waals surface area contributed by atoms with Crippen LogP contribution in [0.25, 0.3) is 0 Å². The van der Waals surface area contributed by atoms with Crippen LogP contribution in [0.3, 0.4) is 0 Å². The van der Waals surface area contributed by atoms with E-state index in [4.69, 9.17) is 0 Å². The summed E-state index contributed by atoms with van der Waals surface area (Å²) >= 11 is 0. The van der Waals surface area contributed by atoms with E-state index in [2.05, 4.69) is 20.6 Å². The fourth-order valence-electron chi connectivity index (χ4n) is 2.77. The molecule has 1 heterocycles. The second-order valence-electron chi connectivity index (χ2n) is 5.70. The van der Waals surface area contributed by atoms with Crippen molar-refractivity contribution in [3.63, 3.8) is 0 Å². The lowest BCUT2D eigenvalue weighted by Crippen LogP contribution is -2.23. The first-order valence-corrected chi connectivity index (χ1v) is 7.87. The van der Waals surface area contributed by atoms with Gasteiger partial charge in [-0.05, 0) is 25.0 Å². The number of halogens is 1. The molecule has 5 nitrogen and oxygen atoms in total. The number of nitrogens with zero attached hydrogens (tertiary/aromatic N) is 2. The molecular weight excluding hydrogens is 295 g/mol. The first-order chi connectivity index (χ1) is 11.2. The summed E-state index contributed by atoms with van der Waals surface area (Å²) in [6.07, 6.45) is 7.27. The van der Waals surface area contributed by atoms with Gasteiger partial charge in [0, 0.05) is 12.1 Å². The van der Waals surface area contributed by atoms with Crippen molar-refractivity contribution in [2.24, 2.45) is 0 Å². The third-order valence-corrected chi connectivity index (χ3v) is 3.98. The van der Waals surface area contributed by atoms with E-state index in [9.17, 15) is 9.18 Å². The molecule has 0 bridgehead atoms. The van der Waals surface area contributed by atoms with Gasteiger partial charge in [0.2, 0.25) is 0 Å². The van der Waals surface area contributed by atoms with Gasteiger partial charge in [0.15, 0.2) is 0 Å². The van der Waals surface area contributed by atoms with Crippen molar-refractivity contribution in [3.8, 4) is 0 Å². The van der Waals surface area contributed by atoms with Crippen LogP contribution >= 0.6 is 0 Å². The molecule has 0 radical (unpaired) electrons. The Morgan fingerprint density at radius 3 is 2.70 bits per heavy atom. The van der Waals surface area contributed by atoms with Gasteiger partial charge >= 0.3 is 0 Å². The molecule has 3 rings (SSSR count). The number of hydrogen-bond acceptors (Lipinski definition) is 4. The first kappa shape index (κ1) is 15.4. The minimum absolute atomic E-state index is 0.137. The van der Waals surface area contributed by atoms with Crippen LogP contribution in [-0.2, 0) is 0 Å². The maximum atomic E-state index is 13.6. The minimum atomic E-state index is -0.476. The number of benzene rings is 1. The fraction of sp³-hybridized carbons (Fsp3) is 0.353. The van der Waals surface area contributed by atoms with Crippen molar-refractivity contribution in [1.82, 2.24) is 9.97 Å². The summed E-state index contributed by atoms with van der Waals surface area (Å²) in [5.41, 5.74) is 0.347. The Labute approximate surface area is 134 Å². The highest BCUT2D eigenvalue weighted by molar-refractivity contribution is 6.03. The van der Waals surface area contributed by atoms with Gasteiger partial charge in [0.1, 0.15) is 23.7 Å². The zero-order chi connectivity index (χ0) is 16.1. The molecule has 2 N–H and O–H groups in total. The summed E-state index contributed by atoms with van der Waals surface area (Å²) in [5, 5.41) is 5.87. The van der Waals surface area contributed by atoms with E-state index in [1.165, 1.54) is 37.7 Å². The lowest BCUT2D eigenvalue weighted by molar-refractivity contribution is 0.102. The van der Waals surface area contributed by atoms with E-state index in [1.54, 1.807) is 18.2 Å².